The largest absolute Gasteiger partial charge is 0.269 e. The number of para-hydroxylation sites is 1. The van der Waals surface area contributed by atoms with Gasteiger partial charge in [-0.2, -0.15) is 0 Å². The lowest BCUT2D eigenvalue weighted by atomic mass is 10.0. The van der Waals surface area contributed by atoms with Crippen molar-refractivity contribution in [3.05, 3.63) is 88.9 Å². The minimum absolute atomic E-state index is 0.260. The lowest BCUT2D eigenvalue weighted by Gasteiger charge is -2.15. The molecule has 0 amide bonds. The van der Waals surface area contributed by atoms with Gasteiger partial charge in [0.25, 0.3) is 10.0 Å². The molecule has 1 aromatic heterocycles. The van der Waals surface area contributed by atoms with Crippen LogP contribution in [0, 0.1) is 0 Å². The van der Waals surface area contributed by atoms with Crippen LogP contribution in [0.2, 0.25) is 0 Å². The molecule has 0 N–H and O–H groups in total. The molecule has 4 rings (SSSR count). The molecule has 0 saturated carbocycles. The van der Waals surface area contributed by atoms with Gasteiger partial charge >= 0.3 is 0 Å². The average molecular weight is 454 g/mol. The van der Waals surface area contributed by atoms with Crippen LogP contribution in [0.4, 0.5) is 0 Å². The van der Waals surface area contributed by atoms with Crippen molar-refractivity contribution in [2.75, 3.05) is 0 Å². The maximum atomic E-state index is 13.7. The molecule has 0 unspecified atom stereocenters. The van der Waals surface area contributed by atoms with Gasteiger partial charge in [0.1, 0.15) is 4.90 Å². The molecule has 1 heterocycles. The topological polar surface area (TPSA) is 39.1 Å². The summed E-state index contributed by atoms with van der Waals surface area (Å²) in [5.41, 5.74) is 3.27. The van der Waals surface area contributed by atoms with E-state index in [-0.39, 0.29) is 4.90 Å². The molecule has 0 spiro atoms. The van der Waals surface area contributed by atoms with Crippen LogP contribution in [-0.4, -0.2) is 12.4 Å². The van der Waals surface area contributed by atoms with Crippen LogP contribution in [-0.2, 0) is 10.0 Å². The highest BCUT2D eigenvalue weighted by molar-refractivity contribution is 9.10. The van der Waals surface area contributed by atoms with Crippen LogP contribution in [0.3, 0.4) is 0 Å². The number of hydrogen-bond donors (Lipinski definition) is 0. The standard InChI is InChI=1S/C23H20BrNO2S/c1-16(2)18-12-13-23(20(24)14-18)28(26,27)25-21-11-7-6-10-19(21)15-22(25)17-8-4-3-5-9-17/h3-16H,1-2H3. The maximum Gasteiger partial charge on any atom is 0.269 e. The van der Waals surface area contributed by atoms with Crippen LogP contribution in [0.25, 0.3) is 22.2 Å². The van der Waals surface area contributed by atoms with Crippen molar-refractivity contribution in [3.63, 3.8) is 0 Å². The highest BCUT2D eigenvalue weighted by atomic mass is 79.9. The minimum atomic E-state index is -3.80. The number of nitrogens with zero attached hydrogens (tertiary/aromatic N) is 1. The summed E-state index contributed by atoms with van der Waals surface area (Å²) in [6.07, 6.45) is 0. The van der Waals surface area contributed by atoms with E-state index in [0.29, 0.717) is 21.6 Å². The monoisotopic (exact) mass is 453 g/mol. The second-order valence-corrected chi connectivity index (χ2v) is 9.68. The molecule has 0 atom stereocenters. The normalized spacial score (nSPS) is 12.0. The van der Waals surface area contributed by atoms with E-state index in [2.05, 4.69) is 29.8 Å². The number of hydrogen-bond acceptors (Lipinski definition) is 2. The lowest BCUT2D eigenvalue weighted by molar-refractivity contribution is 0.589. The number of halogens is 1. The Morgan fingerprint density at radius 3 is 2.21 bits per heavy atom. The van der Waals surface area contributed by atoms with Gasteiger partial charge in [0.05, 0.1) is 11.2 Å². The van der Waals surface area contributed by atoms with E-state index in [4.69, 9.17) is 0 Å². The first-order valence-electron chi connectivity index (χ1n) is 9.10. The van der Waals surface area contributed by atoms with E-state index in [1.165, 1.54) is 3.97 Å². The van der Waals surface area contributed by atoms with Crippen molar-refractivity contribution in [2.45, 2.75) is 24.7 Å². The van der Waals surface area contributed by atoms with Gasteiger partial charge in [-0.3, -0.25) is 0 Å². The van der Waals surface area contributed by atoms with Crippen LogP contribution in [0.5, 0.6) is 0 Å². The molecule has 0 radical (unpaired) electrons. The Bertz CT molecular complexity index is 1260. The first kappa shape index (κ1) is 19.0. The van der Waals surface area contributed by atoms with E-state index in [1.54, 1.807) is 6.07 Å². The van der Waals surface area contributed by atoms with E-state index in [0.717, 1.165) is 16.5 Å². The van der Waals surface area contributed by atoms with Crippen LogP contribution in [0.1, 0.15) is 25.3 Å². The predicted molar refractivity (Wildman–Crippen MR) is 118 cm³/mol. The number of benzene rings is 3. The second-order valence-electron chi connectivity index (χ2n) is 7.07. The van der Waals surface area contributed by atoms with Gasteiger partial charge in [0.2, 0.25) is 0 Å². The minimum Gasteiger partial charge on any atom is -0.233 e. The number of fused-ring (bicyclic) bond motifs is 1. The summed E-state index contributed by atoms with van der Waals surface area (Å²) < 4.78 is 29.5. The smallest absolute Gasteiger partial charge is 0.233 e. The fourth-order valence-electron chi connectivity index (χ4n) is 3.38. The SMILES string of the molecule is CC(C)c1ccc(S(=O)(=O)n2c(-c3ccccc3)cc3ccccc32)c(Br)c1. The molecule has 3 aromatic carbocycles. The van der Waals surface area contributed by atoms with Gasteiger partial charge in [-0.05, 0) is 57.2 Å². The Hall–Kier alpha value is -2.37. The predicted octanol–water partition coefficient (Wildman–Crippen LogP) is 6.43. The summed E-state index contributed by atoms with van der Waals surface area (Å²) in [6, 6.07) is 24.6. The summed E-state index contributed by atoms with van der Waals surface area (Å²) >= 11 is 3.49. The van der Waals surface area contributed by atoms with Gasteiger partial charge in [-0.15, -0.1) is 0 Å². The van der Waals surface area contributed by atoms with Crippen molar-refractivity contribution in [1.82, 2.24) is 3.97 Å². The summed E-state index contributed by atoms with van der Waals surface area (Å²) in [5.74, 6) is 0.320. The molecule has 4 aromatic rings. The molecule has 0 aliphatic rings. The Morgan fingerprint density at radius 2 is 1.54 bits per heavy atom. The van der Waals surface area contributed by atoms with Gasteiger partial charge < -0.3 is 0 Å². The van der Waals surface area contributed by atoms with Crippen molar-refractivity contribution in [1.29, 1.82) is 0 Å². The number of aromatic nitrogens is 1. The maximum absolute atomic E-state index is 13.7. The van der Waals surface area contributed by atoms with E-state index < -0.39 is 10.0 Å². The van der Waals surface area contributed by atoms with Crippen LogP contribution >= 0.6 is 15.9 Å². The highest BCUT2D eigenvalue weighted by Crippen LogP contribution is 2.35. The molecule has 28 heavy (non-hydrogen) atoms. The third-order valence-electron chi connectivity index (χ3n) is 4.88. The molecule has 0 saturated heterocycles. The first-order chi connectivity index (χ1) is 13.4. The van der Waals surface area contributed by atoms with Gasteiger partial charge in [-0.25, -0.2) is 12.4 Å². The second kappa shape index (κ2) is 7.22. The van der Waals surface area contributed by atoms with Crippen LogP contribution < -0.4 is 0 Å². The fraction of sp³-hybridized carbons (Fsp3) is 0.130. The Balaban J connectivity index is 2.01. The summed E-state index contributed by atoms with van der Waals surface area (Å²) in [7, 11) is -3.80. The molecule has 0 fully saturated rings. The van der Waals surface area contributed by atoms with Gasteiger partial charge in [0.15, 0.2) is 0 Å². The fourth-order valence-corrected chi connectivity index (χ4v) is 5.98. The van der Waals surface area contributed by atoms with E-state index >= 15 is 0 Å². The van der Waals surface area contributed by atoms with E-state index in [1.807, 2.05) is 72.8 Å². The van der Waals surface area contributed by atoms with Crippen molar-refractivity contribution in [3.8, 4) is 11.3 Å². The van der Waals surface area contributed by atoms with Crippen molar-refractivity contribution >= 4 is 36.9 Å². The molecular weight excluding hydrogens is 434 g/mol. The molecule has 142 valence electrons. The molecule has 0 bridgehead atoms. The lowest BCUT2D eigenvalue weighted by Crippen LogP contribution is -2.15. The third-order valence-corrected chi connectivity index (χ3v) is 7.58. The highest BCUT2D eigenvalue weighted by Gasteiger charge is 2.26. The number of rotatable bonds is 4. The third kappa shape index (κ3) is 3.19. The summed E-state index contributed by atoms with van der Waals surface area (Å²) in [4.78, 5) is 0.260. The zero-order valence-electron chi connectivity index (χ0n) is 15.6. The zero-order chi connectivity index (χ0) is 19.9. The van der Waals surface area contributed by atoms with Gasteiger partial charge in [0, 0.05) is 9.86 Å². The van der Waals surface area contributed by atoms with Gasteiger partial charge in [-0.1, -0.05) is 68.4 Å². The Morgan fingerprint density at radius 1 is 0.857 bits per heavy atom. The molecular formula is C23H20BrNO2S. The first-order valence-corrected chi connectivity index (χ1v) is 11.3. The molecule has 3 nitrogen and oxygen atoms in total. The van der Waals surface area contributed by atoms with Crippen molar-refractivity contribution in [2.24, 2.45) is 0 Å². The molecule has 0 aliphatic heterocycles. The molecule has 0 aliphatic carbocycles. The van der Waals surface area contributed by atoms with E-state index in [9.17, 15) is 8.42 Å². The van der Waals surface area contributed by atoms with Crippen molar-refractivity contribution < 1.29 is 8.42 Å². The Kier molecular flexibility index (Phi) is 4.89. The summed E-state index contributed by atoms with van der Waals surface area (Å²) in [6.45, 7) is 4.17. The Labute approximate surface area is 173 Å². The summed E-state index contributed by atoms with van der Waals surface area (Å²) in [5, 5.41) is 0.889. The molecule has 5 heteroatoms. The van der Waals surface area contributed by atoms with Crippen LogP contribution in [0.15, 0.2) is 88.2 Å². The zero-order valence-corrected chi connectivity index (χ0v) is 18.0. The average Bonchev–Trinajstić information content (AvgIpc) is 3.08. The quantitative estimate of drug-likeness (QED) is 0.356.